The number of thioether (sulfide) groups is 1. The SMILES string of the molecule is CCCNc1ncc(C(=O)N2CCSC(C)(C)C2)cc1Cl. The highest BCUT2D eigenvalue weighted by Gasteiger charge is 2.30. The Hall–Kier alpha value is -0.940. The Morgan fingerprint density at radius 2 is 2.33 bits per heavy atom. The molecule has 2 heterocycles. The van der Waals surface area contributed by atoms with Gasteiger partial charge in [0, 0.05) is 36.3 Å². The first-order chi connectivity index (χ1) is 9.93. The molecule has 1 aromatic rings. The van der Waals surface area contributed by atoms with E-state index in [0.717, 1.165) is 31.8 Å². The Labute approximate surface area is 135 Å². The van der Waals surface area contributed by atoms with E-state index in [9.17, 15) is 4.79 Å². The maximum atomic E-state index is 12.6. The standard InChI is InChI=1S/C15H22ClN3OS/c1-4-5-17-13-12(16)8-11(9-18-13)14(20)19-6-7-21-15(2,3)10-19/h8-9H,4-7,10H2,1-3H3,(H,17,18). The molecular weight excluding hydrogens is 306 g/mol. The molecule has 1 aromatic heterocycles. The van der Waals surface area contributed by atoms with Crippen LogP contribution in [-0.4, -0.2) is 45.9 Å². The van der Waals surface area contributed by atoms with Gasteiger partial charge in [-0.05, 0) is 26.3 Å². The van der Waals surface area contributed by atoms with Crippen molar-refractivity contribution in [3.8, 4) is 0 Å². The Bertz CT molecular complexity index is 522. The van der Waals surface area contributed by atoms with E-state index in [0.29, 0.717) is 16.4 Å². The molecular formula is C15H22ClN3OS. The minimum atomic E-state index is 0.0137. The Morgan fingerprint density at radius 3 is 2.95 bits per heavy atom. The van der Waals surface area contributed by atoms with Crippen LogP contribution in [0.25, 0.3) is 0 Å². The van der Waals surface area contributed by atoms with Crippen molar-refractivity contribution in [3.05, 3.63) is 22.8 Å². The summed E-state index contributed by atoms with van der Waals surface area (Å²) in [5, 5.41) is 3.65. The lowest BCUT2D eigenvalue weighted by molar-refractivity contribution is 0.0747. The van der Waals surface area contributed by atoms with Crippen LogP contribution in [0.1, 0.15) is 37.6 Å². The molecule has 0 radical (unpaired) electrons. The fourth-order valence-corrected chi connectivity index (χ4v) is 3.65. The second kappa shape index (κ2) is 6.88. The third-order valence-electron chi connectivity index (χ3n) is 3.34. The van der Waals surface area contributed by atoms with E-state index in [4.69, 9.17) is 11.6 Å². The number of anilines is 1. The summed E-state index contributed by atoms with van der Waals surface area (Å²) in [6, 6.07) is 1.71. The maximum Gasteiger partial charge on any atom is 0.255 e. The molecule has 6 heteroatoms. The summed E-state index contributed by atoms with van der Waals surface area (Å²) in [6.45, 7) is 8.76. The van der Waals surface area contributed by atoms with Crippen LogP contribution in [0.15, 0.2) is 12.3 Å². The van der Waals surface area contributed by atoms with Crippen molar-refractivity contribution in [2.75, 3.05) is 30.7 Å². The number of pyridine rings is 1. The van der Waals surface area contributed by atoms with E-state index in [-0.39, 0.29) is 10.7 Å². The summed E-state index contributed by atoms with van der Waals surface area (Å²) in [5.41, 5.74) is 0.560. The first-order valence-corrected chi connectivity index (χ1v) is 8.62. The topological polar surface area (TPSA) is 45.2 Å². The van der Waals surface area contributed by atoms with Gasteiger partial charge in [-0.15, -0.1) is 0 Å². The number of rotatable bonds is 4. The minimum absolute atomic E-state index is 0.0137. The van der Waals surface area contributed by atoms with Crippen LogP contribution in [0.4, 0.5) is 5.82 Å². The van der Waals surface area contributed by atoms with Gasteiger partial charge in [0.2, 0.25) is 0 Å². The van der Waals surface area contributed by atoms with Gasteiger partial charge in [0.1, 0.15) is 5.82 Å². The summed E-state index contributed by atoms with van der Waals surface area (Å²) in [7, 11) is 0. The van der Waals surface area contributed by atoms with Crippen molar-refractivity contribution in [2.24, 2.45) is 0 Å². The van der Waals surface area contributed by atoms with Gasteiger partial charge in [0.05, 0.1) is 10.6 Å². The molecule has 1 fully saturated rings. The lowest BCUT2D eigenvalue weighted by Crippen LogP contribution is -2.46. The molecule has 0 bridgehead atoms. The molecule has 0 saturated carbocycles. The van der Waals surface area contributed by atoms with Crippen molar-refractivity contribution in [2.45, 2.75) is 31.9 Å². The molecule has 21 heavy (non-hydrogen) atoms. The summed E-state index contributed by atoms with van der Waals surface area (Å²) < 4.78 is 0.105. The highest BCUT2D eigenvalue weighted by Crippen LogP contribution is 2.30. The predicted molar refractivity (Wildman–Crippen MR) is 90.5 cm³/mol. The molecule has 1 N–H and O–H groups in total. The van der Waals surface area contributed by atoms with E-state index in [2.05, 4.69) is 31.1 Å². The number of hydrogen-bond donors (Lipinski definition) is 1. The Kier molecular flexibility index (Phi) is 5.38. The van der Waals surface area contributed by atoms with Crippen molar-refractivity contribution >= 4 is 35.1 Å². The van der Waals surface area contributed by atoms with Crippen LogP contribution in [0, 0.1) is 0 Å². The predicted octanol–water partition coefficient (Wildman–Crippen LogP) is 3.52. The lowest BCUT2D eigenvalue weighted by Gasteiger charge is -2.37. The summed E-state index contributed by atoms with van der Waals surface area (Å²) in [5.74, 6) is 1.63. The molecule has 1 aliphatic heterocycles. The van der Waals surface area contributed by atoms with Crippen LogP contribution in [0.3, 0.4) is 0 Å². The van der Waals surface area contributed by atoms with Gasteiger partial charge in [-0.3, -0.25) is 4.79 Å². The van der Waals surface area contributed by atoms with Crippen LogP contribution in [-0.2, 0) is 0 Å². The summed E-state index contributed by atoms with van der Waals surface area (Å²) >= 11 is 8.11. The number of carbonyl (C=O) groups excluding carboxylic acids is 1. The van der Waals surface area contributed by atoms with E-state index < -0.39 is 0 Å². The van der Waals surface area contributed by atoms with Crippen LogP contribution < -0.4 is 5.32 Å². The smallest absolute Gasteiger partial charge is 0.255 e. The third kappa shape index (κ3) is 4.27. The van der Waals surface area contributed by atoms with Gasteiger partial charge < -0.3 is 10.2 Å². The number of aromatic nitrogens is 1. The van der Waals surface area contributed by atoms with Gasteiger partial charge in [-0.2, -0.15) is 11.8 Å². The third-order valence-corrected chi connectivity index (χ3v) is 4.93. The summed E-state index contributed by atoms with van der Waals surface area (Å²) in [6.07, 6.45) is 2.61. The molecule has 1 aliphatic rings. The fraction of sp³-hybridized carbons (Fsp3) is 0.600. The van der Waals surface area contributed by atoms with Crippen LogP contribution in [0.2, 0.25) is 5.02 Å². The number of carbonyl (C=O) groups is 1. The average Bonchev–Trinajstić information content (AvgIpc) is 2.44. The number of hydrogen-bond acceptors (Lipinski definition) is 4. The van der Waals surface area contributed by atoms with E-state index in [1.165, 1.54) is 0 Å². The average molecular weight is 328 g/mol. The van der Waals surface area contributed by atoms with Crippen LogP contribution >= 0.6 is 23.4 Å². The molecule has 0 aromatic carbocycles. The molecule has 0 aliphatic carbocycles. The first kappa shape index (κ1) is 16.4. The van der Waals surface area contributed by atoms with Gasteiger partial charge in [-0.25, -0.2) is 4.98 Å². The number of halogens is 1. The molecule has 0 unspecified atom stereocenters. The zero-order valence-corrected chi connectivity index (χ0v) is 14.4. The van der Waals surface area contributed by atoms with E-state index >= 15 is 0 Å². The maximum absolute atomic E-state index is 12.6. The van der Waals surface area contributed by atoms with Crippen molar-refractivity contribution in [1.82, 2.24) is 9.88 Å². The molecule has 0 spiro atoms. The van der Waals surface area contributed by atoms with E-state index in [1.54, 1.807) is 12.3 Å². The lowest BCUT2D eigenvalue weighted by atomic mass is 10.1. The second-order valence-corrected chi connectivity index (χ2v) is 8.03. The molecule has 1 saturated heterocycles. The Balaban J connectivity index is 2.10. The second-order valence-electron chi connectivity index (χ2n) is 5.82. The number of nitrogens with zero attached hydrogens (tertiary/aromatic N) is 2. The quantitative estimate of drug-likeness (QED) is 0.919. The van der Waals surface area contributed by atoms with Gasteiger partial charge in [0.25, 0.3) is 5.91 Å². The molecule has 1 amide bonds. The molecule has 4 nitrogen and oxygen atoms in total. The number of amides is 1. The first-order valence-electron chi connectivity index (χ1n) is 7.25. The zero-order valence-electron chi connectivity index (χ0n) is 12.8. The minimum Gasteiger partial charge on any atom is -0.369 e. The largest absolute Gasteiger partial charge is 0.369 e. The zero-order chi connectivity index (χ0) is 15.5. The molecule has 116 valence electrons. The van der Waals surface area contributed by atoms with Crippen LogP contribution in [0.5, 0.6) is 0 Å². The normalized spacial score (nSPS) is 17.6. The molecule has 0 atom stereocenters. The Morgan fingerprint density at radius 1 is 1.57 bits per heavy atom. The van der Waals surface area contributed by atoms with Gasteiger partial charge in [0.15, 0.2) is 0 Å². The molecule has 2 rings (SSSR count). The highest BCUT2D eigenvalue weighted by molar-refractivity contribution is 8.00. The van der Waals surface area contributed by atoms with Crippen molar-refractivity contribution < 1.29 is 4.79 Å². The van der Waals surface area contributed by atoms with E-state index in [1.807, 2.05) is 16.7 Å². The van der Waals surface area contributed by atoms with Crippen molar-refractivity contribution in [3.63, 3.8) is 0 Å². The fourth-order valence-electron chi connectivity index (χ4n) is 2.30. The number of nitrogens with one attached hydrogen (secondary N) is 1. The van der Waals surface area contributed by atoms with Gasteiger partial charge >= 0.3 is 0 Å². The van der Waals surface area contributed by atoms with Gasteiger partial charge in [-0.1, -0.05) is 18.5 Å². The monoisotopic (exact) mass is 327 g/mol. The van der Waals surface area contributed by atoms with Crippen molar-refractivity contribution in [1.29, 1.82) is 0 Å². The summed E-state index contributed by atoms with van der Waals surface area (Å²) in [4.78, 5) is 18.7. The highest BCUT2D eigenvalue weighted by atomic mass is 35.5.